The molecule has 0 bridgehead atoms. The smallest absolute Gasteiger partial charge is 0.0139 e. The third-order valence-electron chi connectivity index (χ3n) is 2.84. The summed E-state index contributed by atoms with van der Waals surface area (Å²) in [6.45, 7) is 7.57. The molecule has 10 heavy (non-hydrogen) atoms. The maximum absolute atomic E-state index is 5.59. The molecule has 1 nitrogen and oxygen atoms in total. The van der Waals surface area contributed by atoms with E-state index in [0.717, 1.165) is 6.54 Å². The van der Waals surface area contributed by atoms with Gasteiger partial charge in [-0.1, -0.05) is 25.0 Å². The van der Waals surface area contributed by atoms with Crippen LogP contribution in [0, 0.1) is 5.41 Å². The van der Waals surface area contributed by atoms with Gasteiger partial charge >= 0.3 is 0 Å². The molecule has 0 aromatic carbocycles. The van der Waals surface area contributed by atoms with E-state index in [1.54, 1.807) is 0 Å². The number of rotatable bonds is 1. The van der Waals surface area contributed by atoms with Crippen molar-refractivity contribution in [3.8, 4) is 0 Å². The largest absolute Gasteiger partial charge is 0.327 e. The molecule has 1 heteroatoms. The minimum absolute atomic E-state index is 0.425. The fourth-order valence-electron chi connectivity index (χ4n) is 1.57. The van der Waals surface area contributed by atoms with Gasteiger partial charge < -0.3 is 5.73 Å². The Labute approximate surface area is 63.3 Å². The molecule has 1 aliphatic rings. The average molecular weight is 139 g/mol. The fraction of sp³-hybridized carbons (Fsp3) is 0.778. The van der Waals surface area contributed by atoms with Gasteiger partial charge in [-0.05, 0) is 25.2 Å². The van der Waals surface area contributed by atoms with Crippen molar-refractivity contribution in [2.24, 2.45) is 11.1 Å². The van der Waals surface area contributed by atoms with Crippen molar-refractivity contribution < 1.29 is 0 Å². The first-order valence-electron chi connectivity index (χ1n) is 3.97. The summed E-state index contributed by atoms with van der Waals surface area (Å²) in [4.78, 5) is 0. The van der Waals surface area contributed by atoms with Gasteiger partial charge in [0.15, 0.2) is 0 Å². The van der Waals surface area contributed by atoms with Crippen molar-refractivity contribution in [1.29, 1.82) is 0 Å². The Morgan fingerprint density at radius 1 is 1.50 bits per heavy atom. The molecular formula is C9H17N. The molecule has 0 aromatic heterocycles. The van der Waals surface area contributed by atoms with E-state index in [2.05, 4.69) is 20.8 Å². The third-order valence-corrected chi connectivity index (χ3v) is 2.84. The predicted octanol–water partition coefficient (Wildman–Crippen LogP) is 2.08. The van der Waals surface area contributed by atoms with Crippen LogP contribution in [0.4, 0.5) is 0 Å². The Morgan fingerprint density at radius 3 is 2.30 bits per heavy atom. The second kappa shape index (κ2) is 2.39. The summed E-state index contributed by atoms with van der Waals surface area (Å²) < 4.78 is 0. The number of hydrogen-bond acceptors (Lipinski definition) is 1. The van der Waals surface area contributed by atoms with Gasteiger partial charge in [-0.25, -0.2) is 0 Å². The van der Waals surface area contributed by atoms with Crippen molar-refractivity contribution in [3.05, 3.63) is 11.1 Å². The lowest BCUT2D eigenvalue weighted by atomic mass is 9.86. The van der Waals surface area contributed by atoms with Gasteiger partial charge in [-0.3, -0.25) is 0 Å². The lowest BCUT2D eigenvalue weighted by molar-refractivity contribution is 0.443. The summed E-state index contributed by atoms with van der Waals surface area (Å²) in [5, 5.41) is 0. The molecule has 0 saturated heterocycles. The van der Waals surface area contributed by atoms with E-state index in [4.69, 9.17) is 5.73 Å². The molecule has 0 fully saturated rings. The maximum atomic E-state index is 5.59. The summed E-state index contributed by atoms with van der Waals surface area (Å²) in [6.07, 6.45) is 2.50. The normalized spacial score (nSPS) is 24.0. The van der Waals surface area contributed by atoms with Gasteiger partial charge in [0, 0.05) is 6.54 Å². The molecule has 0 aliphatic heterocycles. The van der Waals surface area contributed by atoms with Gasteiger partial charge in [0.05, 0.1) is 0 Å². The van der Waals surface area contributed by atoms with Crippen LogP contribution in [0.2, 0.25) is 0 Å². The first kappa shape index (κ1) is 7.80. The van der Waals surface area contributed by atoms with Crippen molar-refractivity contribution in [2.45, 2.75) is 33.6 Å². The van der Waals surface area contributed by atoms with E-state index in [1.165, 1.54) is 24.0 Å². The van der Waals surface area contributed by atoms with E-state index in [0.29, 0.717) is 5.41 Å². The zero-order valence-corrected chi connectivity index (χ0v) is 7.20. The van der Waals surface area contributed by atoms with Crippen LogP contribution < -0.4 is 5.73 Å². The summed E-state index contributed by atoms with van der Waals surface area (Å²) in [6, 6.07) is 0. The molecule has 0 unspecified atom stereocenters. The van der Waals surface area contributed by atoms with Gasteiger partial charge in [-0.2, -0.15) is 0 Å². The Hall–Kier alpha value is -0.300. The van der Waals surface area contributed by atoms with Crippen molar-refractivity contribution in [1.82, 2.24) is 0 Å². The van der Waals surface area contributed by atoms with E-state index in [-0.39, 0.29) is 0 Å². The Morgan fingerprint density at radius 2 is 2.10 bits per heavy atom. The topological polar surface area (TPSA) is 26.0 Å². The molecule has 2 N–H and O–H groups in total. The quantitative estimate of drug-likeness (QED) is 0.553. The van der Waals surface area contributed by atoms with Crippen LogP contribution in [0.25, 0.3) is 0 Å². The van der Waals surface area contributed by atoms with Crippen molar-refractivity contribution in [2.75, 3.05) is 6.54 Å². The number of nitrogens with two attached hydrogens (primary N) is 1. The number of allylic oxidation sites excluding steroid dienone is 1. The lowest BCUT2D eigenvalue weighted by Gasteiger charge is -2.19. The van der Waals surface area contributed by atoms with Crippen molar-refractivity contribution >= 4 is 0 Å². The highest BCUT2D eigenvalue weighted by Gasteiger charge is 2.27. The standard InChI is InChI=1S/C9H17N/c1-7-8(6-10)4-5-9(7,2)3/h4-6,10H2,1-3H3. The van der Waals surface area contributed by atoms with Crippen molar-refractivity contribution in [3.63, 3.8) is 0 Å². The molecule has 0 heterocycles. The highest BCUT2D eigenvalue weighted by atomic mass is 14.5. The van der Waals surface area contributed by atoms with E-state index in [1.807, 2.05) is 0 Å². The highest BCUT2D eigenvalue weighted by molar-refractivity contribution is 5.25. The van der Waals surface area contributed by atoms with E-state index < -0.39 is 0 Å². The summed E-state index contributed by atoms with van der Waals surface area (Å²) in [5.74, 6) is 0. The fourth-order valence-corrected chi connectivity index (χ4v) is 1.57. The molecular weight excluding hydrogens is 122 g/mol. The van der Waals surface area contributed by atoms with Gasteiger partial charge in [0.2, 0.25) is 0 Å². The molecule has 0 atom stereocenters. The monoisotopic (exact) mass is 139 g/mol. The first-order chi connectivity index (χ1) is 4.58. The minimum atomic E-state index is 0.425. The Kier molecular flexibility index (Phi) is 1.86. The van der Waals surface area contributed by atoms with Crippen LogP contribution in [-0.4, -0.2) is 6.54 Å². The second-order valence-electron chi connectivity index (χ2n) is 3.82. The summed E-state index contributed by atoms with van der Waals surface area (Å²) in [7, 11) is 0. The van der Waals surface area contributed by atoms with E-state index in [9.17, 15) is 0 Å². The first-order valence-corrected chi connectivity index (χ1v) is 3.97. The maximum Gasteiger partial charge on any atom is 0.0139 e. The Balaban J connectivity index is 2.84. The Bertz CT molecular complexity index is 166. The minimum Gasteiger partial charge on any atom is -0.327 e. The summed E-state index contributed by atoms with van der Waals surface area (Å²) in [5.41, 5.74) is 9.01. The molecule has 0 saturated carbocycles. The molecule has 0 aromatic rings. The zero-order chi connectivity index (χ0) is 7.78. The molecule has 0 radical (unpaired) electrons. The van der Waals surface area contributed by atoms with E-state index >= 15 is 0 Å². The molecule has 1 rings (SSSR count). The van der Waals surface area contributed by atoms with Crippen LogP contribution in [0.15, 0.2) is 11.1 Å². The van der Waals surface area contributed by atoms with Gasteiger partial charge in [0.25, 0.3) is 0 Å². The SMILES string of the molecule is CC1=C(CN)CCC1(C)C. The van der Waals surface area contributed by atoms with Gasteiger partial charge in [0.1, 0.15) is 0 Å². The molecule has 0 amide bonds. The van der Waals surface area contributed by atoms with Crippen LogP contribution >= 0.6 is 0 Å². The lowest BCUT2D eigenvalue weighted by Crippen LogP contribution is -2.08. The van der Waals surface area contributed by atoms with Gasteiger partial charge in [-0.15, -0.1) is 0 Å². The second-order valence-corrected chi connectivity index (χ2v) is 3.82. The molecule has 58 valence electrons. The third kappa shape index (κ3) is 1.10. The van der Waals surface area contributed by atoms with Crippen LogP contribution in [0.3, 0.4) is 0 Å². The predicted molar refractivity (Wildman–Crippen MR) is 44.8 cm³/mol. The summed E-state index contributed by atoms with van der Waals surface area (Å²) >= 11 is 0. The van der Waals surface area contributed by atoms with Crippen LogP contribution in [0.1, 0.15) is 33.6 Å². The number of hydrogen-bond donors (Lipinski definition) is 1. The molecule has 0 spiro atoms. The van der Waals surface area contributed by atoms with Crippen LogP contribution in [-0.2, 0) is 0 Å². The average Bonchev–Trinajstić information content (AvgIpc) is 2.10. The zero-order valence-electron chi connectivity index (χ0n) is 7.20. The van der Waals surface area contributed by atoms with Crippen LogP contribution in [0.5, 0.6) is 0 Å². The highest BCUT2D eigenvalue weighted by Crippen LogP contribution is 2.41. The molecule has 1 aliphatic carbocycles.